The minimum atomic E-state index is -3.80. The number of benzene rings is 2. The van der Waals surface area contributed by atoms with Crippen LogP contribution in [-0.2, 0) is 14.8 Å². The summed E-state index contributed by atoms with van der Waals surface area (Å²) >= 11 is 0. The molecule has 0 aliphatic carbocycles. The zero-order valence-corrected chi connectivity index (χ0v) is 19.6. The first-order valence-corrected chi connectivity index (χ1v) is 11.6. The zero-order valence-electron chi connectivity index (χ0n) is 18.8. The smallest absolute Gasteiger partial charge is 0.243 e. The topological polar surface area (TPSA) is 94.2 Å². The Morgan fingerprint density at radius 1 is 1.10 bits per heavy atom. The van der Waals surface area contributed by atoms with Crippen LogP contribution in [0.15, 0.2) is 36.4 Å². The number of sulfonamides is 1. The van der Waals surface area contributed by atoms with E-state index in [0.29, 0.717) is 11.5 Å². The van der Waals surface area contributed by atoms with Crippen LogP contribution >= 0.6 is 0 Å². The Kier molecular flexibility index (Phi) is 8.15. The van der Waals surface area contributed by atoms with E-state index in [1.807, 2.05) is 32.0 Å². The van der Waals surface area contributed by atoms with E-state index in [1.54, 1.807) is 12.1 Å². The summed E-state index contributed by atoms with van der Waals surface area (Å²) in [5.74, 6) is 1.05. The molecule has 0 aromatic heterocycles. The van der Waals surface area contributed by atoms with E-state index < -0.39 is 22.0 Å². The fourth-order valence-corrected chi connectivity index (χ4v) is 4.28. The van der Waals surface area contributed by atoms with Crippen LogP contribution in [0.4, 0.5) is 5.69 Å². The van der Waals surface area contributed by atoms with Gasteiger partial charge in [0.05, 0.1) is 32.7 Å². The number of nitrogens with one attached hydrogen (secondary N) is 1. The van der Waals surface area contributed by atoms with Crippen LogP contribution in [0.2, 0.25) is 0 Å². The van der Waals surface area contributed by atoms with E-state index in [2.05, 4.69) is 5.32 Å². The minimum absolute atomic E-state index is 0.221. The summed E-state index contributed by atoms with van der Waals surface area (Å²) in [6, 6.07) is 9.52. The van der Waals surface area contributed by atoms with Gasteiger partial charge in [-0.15, -0.1) is 0 Å². The van der Waals surface area contributed by atoms with Gasteiger partial charge in [0.15, 0.2) is 0 Å². The summed E-state index contributed by atoms with van der Waals surface area (Å²) in [5.41, 5.74) is 2.38. The van der Waals surface area contributed by atoms with Gasteiger partial charge in [0.25, 0.3) is 0 Å². The van der Waals surface area contributed by atoms with Crippen molar-refractivity contribution in [1.29, 1.82) is 0 Å². The van der Waals surface area contributed by atoms with Gasteiger partial charge in [-0.25, -0.2) is 8.42 Å². The van der Waals surface area contributed by atoms with Crippen molar-refractivity contribution in [3.05, 3.63) is 47.5 Å². The molecule has 2 aromatic rings. The Hall–Kier alpha value is -2.94. The average molecular weight is 451 g/mol. The van der Waals surface area contributed by atoms with Gasteiger partial charge in [-0.2, -0.15) is 0 Å². The number of aryl methyl sites for hydroxylation is 1. The van der Waals surface area contributed by atoms with Crippen LogP contribution in [0.1, 0.15) is 18.1 Å². The van der Waals surface area contributed by atoms with Crippen molar-refractivity contribution in [3.8, 4) is 17.2 Å². The zero-order chi connectivity index (χ0) is 23.2. The van der Waals surface area contributed by atoms with Crippen molar-refractivity contribution >= 4 is 21.6 Å². The third kappa shape index (κ3) is 6.04. The van der Waals surface area contributed by atoms with Gasteiger partial charge in [-0.05, 0) is 50.1 Å². The predicted octanol–water partition coefficient (Wildman–Crippen LogP) is 2.67. The maximum atomic E-state index is 12.7. The van der Waals surface area contributed by atoms with Crippen molar-refractivity contribution in [1.82, 2.24) is 5.32 Å². The molecule has 0 radical (unpaired) electrons. The molecule has 0 saturated heterocycles. The Morgan fingerprint density at radius 2 is 1.81 bits per heavy atom. The Morgan fingerprint density at radius 3 is 2.42 bits per heavy atom. The molecular formula is C22H30N2O6S. The highest BCUT2D eigenvalue weighted by molar-refractivity contribution is 7.92. The van der Waals surface area contributed by atoms with E-state index in [4.69, 9.17) is 14.2 Å². The normalized spacial score (nSPS) is 12.1. The summed E-state index contributed by atoms with van der Waals surface area (Å²) in [5, 5.41) is 2.73. The van der Waals surface area contributed by atoms with Crippen molar-refractivity contribution in [2.75, 3.05) is 37.9 Å². The largest absolute Gasteiger partial charge is 0.497 e. The number of methoxy groups -OCH3 is 2. The lowest BCUT2D eigenvalue weighted by atomic mass is 10.1. The average Bonchev–Trinajstić information content (AvgIpc) is 2.72. The Balaban J connectivity index is 2.13. The number of anilines is 1. The molecule has 0 aliphatic rings. The number of rotatable bonds is 10. The van der Waals surface area contributed by atoms with E-state index in [1.165, 1.54) is 27.2 Å². The first-order valence-electron chi connectivity index (χ1n) is 9.78. The molecule has 0 saturated carbocycles. The lowest BCUT2D eigenvalue weighted by molar-refractivity contribution is -0.121. The second kappa shape index (κ2) is 10.4. The van der Waals surface area contributed by atoms with Gasteiger partial charge < -0.3 is 19.5 Å². The molecule has 0 bridgehead atoms. The van der Waals surface area contributed by atoms with Crippen LogP contribution in [0.3, 0.4) is 0 Å². The van der Waals surface area contributed by atoms with Crippen LogP contribution in [-0.4, -0.2) is 54.0 Å². The van der Waals surface area contributed by atoms with Gasteiger partial charge in [0, 0.05) is 6.07 Å². The summed E-state index contributed by atoms with van der Waals surface area (Å²) in [6.45, 7) is 5.96. The second-order valence-electron chi connectivity index (χ2n) is 7.11. The lowest BCUT2D eigenvalue weighted by Crippen LogP contribution is -2.48. The van der Waals surface area contributed by atoms with Crippen molar-refractivity contribution < 1.29 is 27.4 Å². The molecule has 0 unspecified atom stereocenters. The Bertz CT molecular complexity index is 1020. The molecule has 31 heavy (non-hydrogen) atoms. The fourth-order valence-electron chi connectivity index (χ4n) is 3.11. The summed E-state index contributed by atoms with van der Waals surface area (Å²) in [7, 11) is -0.892. The van der Waals surface area contributed by atoms with Crippen molar-refractivity contribution in [3.63, 3.8) is 0 Å². The van der Waals surface area contributed by atoms with Gasteiger partial charge in [-0.3, -0.25) is 9.10 Å². The van der Waals surface area contributed by atoms with Crippen molar-refractivity contribution in [2.24, 2.45) is 0 Å². The van der Waals surface area contributed by atoms with Crippen molar-refractivity contribution in [2.45, 2.75) is 26.8 Å². The SMILES string of the molecule is COc1ccc(OC)c(N([C@@H](C)C(=O)NCCOc2cccc(C)c2C)S(C)(=O)=O)c1. The minimum Gasteiger partial charge on any atom is -0.497 e. The molecule has 0 aliphatic heterocycles. The van der Waals surface area contributed by atoms with Crippen LogP contribution < -0.4 is 23.8 Å². The molecule has 8 nitrogen and oxygen atoms in total. The molecule has 1 atom stereocenters. The number of ether oxygens (including phenoxy) is 3. The molecule has 9 heteroatoms. The highest BCUT2D eigenvalue weighted by atomic mass is 32.2. The monoisotopic (exact) mass is 450 g/mol. The van der Waals surface area contributed by atoms with Crippen LogP contribution in [0.5, 0.6) is 17.2 Å². The van der Waals surface area contributed by atoms with Gasteiger partial charge in [0.1, 0.15) is 29.9 Å². The number of carbonyl (C=O) groups is 1. The predicted molar refractivity (Wildman–Crippen MR) is 121 cm³/mol. The highest BCUT2D eigenvalue weighted by Gasteiger charge is 2.31. The van der Waals surface area contributed by atoms with E-state index >= 15 is 0 Å². The first-order chi connectivity index (χ1) is 14.6. The third-order valence-corrected chi connectivity index (χ3v) is 6.15. The number of carbonyl (C=O) groups excluding carboxylic acids is 1. The summed E-state index contributed by atoms with van der Waals surface area (Å²) in [4.78, 5) is 12.7. The third-order valence-electron chi connectivity index (χ3n) is 4.93. The fraction of sp³-hybridized carbons (Fsp3) is 0.409. The van der Waals surface area contributed by atoms with E-state index in [9.17, 15) is 13.2 Å². The molecule has 170 valence electrons. The Labute approximate surface area is 184 Å². The van der Waals surface area contributed by atoms with Crippen LogP contribution in [0.25, 0.3) is 0 Å². The molecule has 2 rings (SSSR count). The standard InChI is InChI=1S/C22H30N2O6S/c1-15-8-7-9-20(16(15)2)30-13-12-23-22(25)17(3)24(31(6,26)27)19-14-18(28-4)10-11-21(19)29-5/h7-11,14,17H,12-13H2,1-6H3,(H,23,25)/t17-/m0/s1. The van der Waals surface area contributed by atoms with Gasteiger partial charge in [-0.1, -0.05) is 12.1 Å². The highest BCUT2D eigenvalue weighted by Crippen LogP contribution is 2.35. The molecule has 0 spiro atoms. The number of amides is 1. The first kappa shape index (κ1) is 24.3. The summed E-state index contributed by atoms with van der Waals surface area (Å²) < 4.78 is 42.4. The van der Waals surface area contributed by atoms with Crippen LogP contribution in [0, 0.1) is 13.8 Å². The molecule has 0 heterocycles. The molecular weight excluding hydrogens is 420 g/mol. The summed E-state index contributed by atoms with van der Waals surface area (Å²) in [6.07, 6.45) is 1.04. The van der Waals surface area contributed by atoms with Gasteiger partial charge >= 0.3 is 0 Å². The molecule has 1 N–H and O–H groups in total. The number of hydrogen-bond acceptors (Lipinski definition) is 6. The molecule has 2 aromatic carbocycles. The molecule has 0 fully saturated rings. The van der Waals surface area contributed by atoms with Gasteiger partial charge in [0.2, 0.25) is 15.9 Å². The maximum Gasteiger partial charge on any atom is 0.243 e. The maximum absolute atomic E-state index is 12.7. The lowest BCUT2D eigenvalue weighted by Gasteiger charge is -2.29. The quantitative estimate of drug-likeness (QED) is 0.560. The number of hydrogen-bond donors (Lipinski definition) is 1. The number of nitrogens with zero attached hydrogens (tertiary/aromatic N) is 1. The van der Waals surface area contributed by atoms with E-state index in [0.717, 1.165) is 27.4 Å². The molecule has 1 amide bonds. The van der Waals surface area contributed by atoms with E-state index in [-0.39, 0.29) is 18.8 Å². The second-order valence-corrected chi connectivity index (χ2v) is 8.97.